The maximum absolute atomic E-state index is 5.84. The van der Waals surface area contributed by atoms with Crippen LogP contribution in [0.1, 0.15) is 0 Å². The van der Waals surface area contributed by atoms with E-state index in [1.54, 1.807) is 11.3 Å². The molecule has 0 spiro atoms. The molecule has 0 saturated carbocycles. The molecule has 0 unspecified atom stereocenters. The van der Waals surface area contributed by atoms with Crippen LogP contribution in [-0.4, -0.2) is 18.2 Å². The number of nitrogens with zero attached hydrogens (tertiary/aromatic N) is 1. The summed E-state index contributed by atoms with van der Waals surface area (Å²) >= 11 is 1.63. The maximum Gasteiger partial charge on any atom is 0.171 e. The molecular weight excluding hydrogens is 354 g/mol. The minimum atomic E-state index is 0.571. The second-order valence-electron chi connectivity index (χ2n) is 6.31. The highest BCUT2D eigenvalue weighted by Crippen LogP contribution is 2.41. The van der Waals surface area contributed by atoms with Crippen molar-refractivity contribution in [2.24, 2.45) is 0 Å². The van der Waals surface area contributed by atoms with Gasteiger partial charge in [-0.25, -0.2) is 4.98 Å². The minimum Gasteiger partial charge on any atom is -0.486 e. The van der Waals surface area contributed by atoms with Crippen LogP contribution >= 0.6 is 11.3 Å². The summed E-state index contributed by atoms with van der Waals surface area (Å²) < 4.78 is 11.5. The van der Waals surface area contributed by atoms with Crippen LogP contribution in [0.15, 0.2) is 78.2 Å². The summed E-state index contributed by atoms with van der Waals surface area (Å²) in [5.41, 5.74) is 5.47. The molecule has 132 valence electrons. The largest absolute Gasteiger partial charge is 0.486 e. The Morgan fingerprint density at radius 3 is 2.44 bits per heavy atom. The Balaban J connectivity index is 1.52. The van der Waals surface area contributed by atoms with Gasteiger partial charge in [0, 0.05) is 10.9 Å². The molecule has 1 aromatic heterocycles. The second kappa shape index (κ2) is 6.89. The van der Waals surface area contributed by atoms with Crippen molar-refractivity contribution in [3.05, 3.63) is 78.2 Å². The Morgan fingerprint density at radius 1 is 0.741 bits per heavy atom. The van der Waals surface area contributed by atoms with Crippen LogP contribution in [0.5, 0.6) is 11.5 Å². The second-order valence-corrected chi connectivity index (χ2v) is 7.17. The van der Waals surface area contributed by atoms with Crippen molar-refractivity contribution in [2.45, 2.75) is 0 Å². The fourth-order valence-electron chi connectivity index (χ4n) is 3.26. The quantitative estimate of drug-likeness (QED) is 0.448. The molecular formula is C23H17NO2S. The number of benzene rings is 3. The van der Waals surface area contributed by atoms with Crippen molar-refractivity contribution in [3.63, 3.8) is 0 Å². The van der Waals surface area contributed by atoms with Crippen molar-refractivity contribution in [3.8, 4) is 44.5 Å². The third-order valence-electron chi connectivity index (χ3n) is 4.57. The molecule has 5 rings (SSSR count). The standard InChI is InChI=1S/C23H17NO2S/c1-2-6-16(7-3-1)17-8-4-9-18(14-17)20-15-27-23(24-20)19-10-5-11-21-22(19)26-13-12-25-21/h1-11,14-15H,12-13H2. The lowest BCUT2D eigenvalue weighted by molar-refractivity contribution is 0.172. The fraction of sp³-hybridized carbons (Fsp3) is 0.0870. The lowest BCUT2D eigenvalue weighted by Crippen LogP contribution is -2.15. The molecule has 3 aromatic carbocycles. The smallest absolute Gasteiger partial charge is 0.171 e. The number of thiazole rings is 1. The monoisotopic (exact) mass is 371 g/mol. The predicted octanol–water partition coefficient (Wildman–Crippen LogP) is 5.92. The first kappa shape index (κ1) is 16.1. The zero-order valence-electron chi connectivity index (χ0n) is 14.6. The summed E-state index contributed by atoms with van der Waals surface area (Å²) in [7, 11) is 0. The molecule has 0 aliphatic carbocycles. The first-order chi connectivity index (χ1) is 13.4. The average molecular weight is 371 g/mol. The summed E-state index contributed by atoms with van der Waals surface area (Å²) in [4.78, 5) is 4.88. The van der Waals surface area contributed by atoms with E-state index in [9.17, 15) is 0 Å². The summed E-state index contributed by atoms with van der Waals surface area (Å²) in [5.74, 6) is 1.59. The normalized spacial score (nSPS) is 12.7. The number of hydrogen-bond acceptors (Lipinski definition) is 4. The lowest BCUT2D eigenvalue weighted by Gasteiger charge is -2.20. The summed E-state index contributed by atoms with van der Waals surface area (Å²) in [6.07, 6.45) is 0. The van der Waals surface area contributed by atoms with E-state index in [4.69, 9.17) is 14.5 Å². The number of para-hydroxylation sites is 1. The van der Waals surface area contributed by atoms with Crippen LogP contribution < -0.4 is 9.47 Å². The lowest BCUT2D eigenvalue weighted by atomic mass is 10.0. The Bertz CT molecular complexity index is 1090. The number of aromatic nitrogens is 1. The third kappa shape index (κ3) is 3.09. The van der Waals surface area contributed by atoms with E-state index in [1.807, 2.05) is 24.3 Å². The van der Waals surface area contributed by atoms with E-state index in [1.165, 1.54) is 11.1 Å². The van der Waals surface area contributed by atoms with Crippen LogP contribution in [-0.2, 0) is 0 Å². The molecule has 1 aliphatic heterocycles. The molecule has 1 aliphatic rings. The highest BCUT2D eigenvalue weighted by atomic mass is 32.1. The van der Waals surface area contributed by atoms with Gasteiger partial charge in [-0.1, -0.05) is 54.6 Å². The van der Waals surface area contributed by atoms with Crippen molar-refractivity contribution in [1.29, 1.82) is 0 Å². The summed E-state index contributed by atoms with van der Waals surface area (Å²) in [5, 5.41) is 3.04. The van der Waals surface area contributed by atoms with Gasteiger partial charge in [0.1, 0.15) is 18.2 Å². The first-order valence-electron chi connectivity index (χ1n) is 8.89. The third-order valence-corrected chi connectivity index (χ3v) is 5.44. The number of hydrogen-bond donors (Lipinski definition) is 0. The number of fused-ring (bicyclic) bond motifs is 1. The molecule has 0 radical (unpaired) electrons. The molecule has 4 aromatic rings. The molecule has 3 nitrogen and oxygen atoms in total. The molecule has 0 amide bonds. The van der Waals surface area contributed by atoms with Gasteiger partial charge in [0.05, 0.1) is 11.3 Å². The Hall–Kier alpha value is -3.11. The van der Waals surface area contributed by atoms with E-state index in [2.05, 4.69) is 53.9 Å². The average Bonchev–Trinajstić information content (AvgIpc) is 3.24. The van der Waals surface area contributed by atoms with Gasteiger partial charge in [0.15, 0.2) is 11.5 Å². The first-order valence-corrected chi connectivity index (χ1v) is 9.77. The van der Waals surface area contributed by atoms with E-state index in [0.717, 1.165) is 33.3 Å². The Labute approximate surface area is 161 Å². The summed E-state index contributed by atoms with van der Waals surface area (Å²) in [6, 6.07) is 24.9. The van der Waals surface area contributed by atoms with Crippen LogP contribution in [0.2, 0.25) is 0 Å². The van der Waals surface area contributed by atoms with E-state index < -0.39 is 0 Å². The molecule has 4 heteroatoms. The van der Waals surface area contributed by atoms with Crippen molar-refractivity contribution >= 4 is 11.3 Å². The van der Waals surface area contributed by atoms with Crippen LogP contribution in [0, 0.1) is 0 Å². The van der Waals surface area contributed by atoms with Gasteiger partial charge in [-0.05, 0) is 29.3 Å². The van der Waals surface area contributed by atoms with Crippen molar-refractivity contribution in [1.82, 2.24) is 4.98 Å². The van der Waals surface area contributed by atoms with Crippen molar-refractivity contribution in [2.75, 3.05) is 13.2 Å². The van der Waals surface area contributed by atoms with Crippen LogP contribution in [0.4, 0.5) is 0 Å². The molecule has 0 bridgehead atoms. The van der Waals surface area contributed by atoms with Gasteiger partial charge in [0.25, 0.3) is 0 Å². The van der Waals surface area contributed by atoms with E-state index in [0.29, 0.717) is 13.2 Å². The molecule has 27 heavy (non-hydrogen) atoms. The van der Waals surface area contributed by atoms with Gasteiger partial charge in [-0.2, -0.15) is 0 Å². The van der Waals surface area contributed by atoms with Gasteiger partial charge < -0.3 is 9.47 Å². The predicted molar refractivity (Wildman–Crippen MR) is 109 cm³/mol. The van der Waals surface area contributed by atoms with Gasteiger partial charge in [0.2, 0.25) is 0 Å². The number of rotatable bonds is 3. The molecule has 0 atom stereocenters. The van der Waals surface area contributed by atoms with Crippen molar-refractivity contribution < 1.29 is 9.47 Å². The van der Waals surface area contributed by atoms with Gasteiger partial charge >= 0.3 is 0 Å². The van der Waals surface area contributed by atoms with Gasteiger partial charge in [-0.15, -0.1) is 11.3 Å². The highest BCUT2D eigenvalue weighted by molar-refractivity contribution is 7.13. The molecule has 0 N–H and O–H groups in total. The van der Waals surface area contributed by atoms with E-state index in [-0.39, 0.29) is 0 Å². The van der Waals surface area contributed by atoms with Crippen LogP contribution in [0.3, 0.4) is 0 Å². The zero-order valence-corrected chi connectivity index (χ0v) is 15.4. The summed E-state index contributed by atoms with van der Waals surface area (Å²) in [6.45, 7) is 1.16. The molecule has 2 heterocycles. The van der Waals surface area contributed by atoms with E-state index >= 15 is 0 Å². The van der Waals surface area contributed by atoms with Gasteiger partial charge in [-0.3, -0.25) is 0 Å². The Kier molecular flexibility index (Phi) is 4.11. The molecule has 0 fully saturated rings. The molecule has 0 saturated heterocycles. The maximum atomic E-state index is 5.84. The Morgan fingerprint density at radius 2 is 1.52 bits per heavy atom. The minimum absolute atomic E-state index is 0.571. The fourth-order valence-corrected chi connectivity index (χ4v) is 4.11. The topological polar surface area (TPSA) is 31.4 Å². The van der Waals surface area contributed by atoms with Crippen LogP contribution in [0.25, 0.3) is 33.0 Å². The SMILES string of the molecule is c1ccc(-c2cccc(-c3csc(-c4cccc5c4OCCO5)n3)c2)cc1. The number of ether oxygens (including phenoxy) is 2. The highest BCUT2D eigenvalue weighted by Gasteiger charge is 2.19. The zero-order chi connectivity index (χ0) is 18.1.